The molecule has 126 valence electrons. The summed E-state index contributed by atoms with van der Waals surface area (Å²) in [7, 11) is 0. The van der Waals surface area contributed by atoms with E-state index in [0.29, 0.717) is 0 Å². The van der Waals surface area contributed by atoms with Crippen LogP contribution in [0.1, 0.15) is 29.8 Å². The summed E-state index contributed by atoms with van der Waals surface area (Å²) in [6.45, 7) is 3.12. The first kappa shape index (κ1) is 18.5. The molecule has 1 rings (SSSR count). The first-order valence-electron chi connectivity index (χ1n) is 6.51. The maximum atomic E-state index is 12.5. The van der Waals surface area contributed by atoms with Gasteiger partial charge in [-0.05, 0) is 30.2 Å². The minimum absolute atomic E-state index is 0.157. The van der Waals surface area contributed by atoms with Crippen molar-refractivity contribution >= 4 is 17.9 Å². The second-order valence-electron chi connectivity index (χ2n) is 5.00. The van der Waals surface area contributed by atoms with Crippen molar-refractivity contribution in [3.63, 3.8) is 0 Å². The number of rotatable bonds is 4. The lowest BCUT2D eigenvalue weighted by molar-refractivity contribution is -0.137. The molecule has 0 bridgehead atoms. The van der Waals surface area contributed by atoms with Crippen molar-refractivity contribution in [3.8, 4) is 0 Å². The highest BCUT2D eigenvalue weighted by Crippen LogP contribution is 2.29. The van der Waals surface area contributed by atoms with Gasteiger partial charge in [0.1, 0.15) is 0 Å². The Hall–Kier alpha value is -2.58. The van der Waals surface area contributed by atoms with E-state index in [0.717, 1.165) is 24.3 Å². The Labute approximate surface area is 129 Å². The number of halogens is 3. The monoisotopic (exact) mass is 332 g/mol. The summed E-state index contributed by atoms with van der Waals surface area (Å²) in [4.78, 5) is 34.3. The van der Waals surface area contributed by atoms with Gasteiger partial charge in [-0.3, -0.25) is 10.1 Å². The molecule has 0 spiro atoms. The van der Waals surface area contributed by atoms with Gasteiger partial charge in [0.05, 0.1) is 11.1 Å². The lowest BCUT2D eigenvalue weighted by Gasteiger charge is -2.19. The molecule has 0 heterocycles. The SMILES string of the molecule is CC(C)C(OC(=O)c1ccc(C(F)(F)F)cc1)C(=O)NC(N)=O. The highest BCUT2D eigenvalue weighted by molar-refractivity contribution is 5.98. The zero-order valence-corrected chi connectivity index (χ0v) is 12.3. The summed E-state index contributed by atoms with van der Waals surface area (Å²) < 4.78 is 42.3. The number of amides is 3. The van der Waals surface area contributed by atoms with Gasteiger partial charge >= 0.3 is 18.2 Å². The molecule has 0 fully saturated rings. The number of primary amides is 1. The summed E-state index contributed by atoms with van der Waals surface area (Å²) >= 11 is 0. The largest absolute Gasteiger partial charge is 0.448 e. The summed E-state index contributed by atoms with van der Waals surface area (Å²) in [6.07, 6.45) is -5.83. The van der Waals surface area contributed by atoms with E-state index in [1.807, 2.05) is 0 Å². The molecular weight excluding hydrogens is 317 g/mol. The van der Waals surface area contributed by atoms with Crippen LogP contribution in [0.5, 0.6) is 0 Å². The highest BCUT2D eigenvalue weighted by Gasteiger charge is 2.31. The molecule has 1 aromatic rings. The van der Waals surface area contributed by atoms with E-state index in [-0.39, 0.29) is 5.56 Å². The predicted molar refractivity (Wildman–Crippen MR) is 73.2 cm³/mol. The second kappa shape index (κ2) is 7.12. The van der Waals surface area contributed by atoms with Crippen molar-refractivity contribution in [2.75, 3.05) is 0 Å². The Kier molecular flexibility index (Phi) is 5.72. The number of nitrogens with one attached hydrogen (secondary N) is 1. The number of esters is 1. The highest BCUT2D eigenvalue weighted by atomic mass is 19.4. The number of benzene rings is 1. The number of nitrogens with two attached hydrogens (primary N) is 1. The fourth-order valence-electron chi connectivity index (χ4n) is 1.66. The topological polar surface area (TPSA) is 98.5 Å². The van der Waals surface area contributed by atoms with Gasteiger partial charge in [0.25, 0.3) is 5.91 Å². The molecule has 0 aromatic heterocycles. The van der Waals surface area contributed by atoms with E-state index in [2.05, 4.69) is 0 Å². The van der Waals surface area contributed by atoms with Crippen LogP contribution in [-0.4, -0.2) is 24.0 Å². The smallest absolute Gasteiger partial charge is 0.416 e. The number of ether oxygens (including phenoxy) is 1. The van der Waals surface area contributed by atoms with Crippen LogP contribution in [0.4, 0.5) is 18.0 Å². The molecule has 0 aliphatic rings. The molecular formula is C14H15F3N2O4. The zero-order valence-electron chi connectivity index (χ0n) is 12.3. The van der Waals surface area contributed by atoms with Gasteiger partial charge in [0.15, 0.2) is 6.10 Å². The molecule has 0 saturated carbocycles. The van der Waals surface area contributed by atoms with E-state index in [1.165, 1.54) is 0 Å². The maximum Gasteiger partial charge on any atom is 0.416 e. The van der Waals surface area contributed by atoms with Crippen LogP contribution in [-0.2, 0) is 15.7 Å². The van der Waals surface area contributed by atoms with Crippen LogP contribution < -0.4 is 11.1 Å². The van der Waals surface area contributed by atoms with Gasteiger partial charge in [-0.15, -0.1) is 0 Å². The van der Waals surface area contributed by atoms with Gasteiger partial charge < -0.3 is 10.5 Å². The maximum absolute atomic E-state index is 12.5. The molecule has 3 amide bonds. The minimum atomic E-state index is -4.52. The molecule has 23 heavy (non-hydrogen) atoms. The number of imide groups is 1. The summed E-state index contributed by atoms with van der Waals surface area (Å²) in [6, 6.07) is 2.23. The molecule has 1 unspecified atom stereocenters. The van der Waals surface area contributed by atoms with Crippen LogP contribution in [0.2, 0.25) is 0 Å². The summed E-state index contributed by atoms with van der Waals surface area (Å²) in [5.74, 6) is -2.38. The number of alkyl halides is 3. The van der Waals surface area contributed by atoms with Crippen molar-refractivity contribution in [1.29, 1.82) is 0 Å². The Morgan fingerprint density at radius 3 is 2.04 bits per heavy atom. The van der Waals surface area contributed by atoms with E-state index in [4.69, 9.17) is 10.5 Å². The molecule has 1 atom stereocenters. The van der Waals surface area contributed by atoms with Gasteiger partial charge in [-0.2, -0.15) is 13.2 Å². The molecule has 0 radical (unpaired) electrons. The van der Waals surface area contributed by atoms with Crippen molar-refractivity contribution in [1.82, 2.24) is 5.32 Å². The quantitative estimate of drug-likeness (QED) is 0.825. The van der Waals surface area contributed by atoms with E-state index in [9.17, 15) is 27.6 Å². The fourth-order valence-corrected chi connectivity index (χ4v) is 1.66. The van der Waals surface area contributed by atoms with Crippen LogP contribution in [0.15, 0.2) is 24.3 Å². The Bertz CT molecular complexity index is 597. The number of hydrogen-bond donors (Lipinski definition) is 2. The van der Waals surface area contributed by atoms with Crippen LogP contribution in [0.25, 0.3) is 0 Å². The van der Waals surface area contributed by atoms with Crippen LogP contribution >= 0.6 is 0 Å². The lowest BCUT2D eigenvalue weighted by Crippen LogP contribution is -2.45. The second-order valence-corrected chi connectivity index (χ2v) is 5.00. The molecule has 1 aromatic carbocycles. The Morgan fingerprint density at radius 2 is 1.65 bits per heavy atom. The standard InChI is InChI=1S/C14H15F3N2O4/c1-7(2)10(11(20)19-13(18)22)23-12(21)8-3-5-9(6-4-8)14(15,16)17/h3-7,10H,1-2H3,(H3,18,19,20,22). The number of carbonyl (C=O) groups excluding carboxylic acids is 3. The minimum Gasteiger partial charge on any atom is -0.448 e. The Morgan fingerprint density at radius 1 is 1.13 bits per heavy atom. The molecule has 0 saturated heterocycles. The summed E-state index contributed by atoms with van der Waals surface area (Å²) in [5.41, 5.74) is 3.74. The average molecular weight is 332 g/mol. The molecule has 0 aliphatic heterocycles. The van der Waals surface area contributed by atoms with Gasteiger partial charge in [-0.25, -0.2) is 9.59 Å². The van der Waals surface area contributed by atoms with Crippen molar-refractivity contribution in [3.05, 3.63) is 35.4 Å². The zero-order chi connectivity index (χ0) is 17.8. The van der Waals surface area contributed by atoms with Crippen LogP contribution in [0.3, 0.4) is 0 Å². The summed E-state index contributed by atoms with van der Waals surface area (Å²) in [5, 5.41) is 1.78. The predicted octanol–water partition coefficient (Wildman–Crippen LogP) is 2.08. The van der Waals surface area contributed by atoms with Crippen molar-refractivity contribution in [2.45, 2.75) is 26.1 Å². The molecule has 3 N–H and O–H groups in total. The molecule has 9 heteroatoms. The lowest BCUT2D eigenvalue weighted by atomic mass is 10.1. The molecule has 6 nitrogen and oxygen atoms in total. The van der Waals surface area contributed by atoms with E-state index < -0.39 is 41.7 Å². The van der Waals surface area contributed by atoms with E-state index in [1.54, 1.807) is 19.2 Å². The molecule has 0 aliphatic carbocycles. The number of carbonyl (C=O) groups is 3. The van der Waals surface area contributed by atoms with Gasteiger partial charge in [0, 0.05) is 0 Å². The fraction of sp³-hybridized carbons (Fsp3) is 0.357. The third-order valence-corrected chi connectivity index (χ3v) is 2.79. The van der Waals surface area contributed by atoms with Gasteiger partial charge in [-0.1, -0.05) is 13.8 Å². The van der Waals surface area contributed by atoms with Gasteiger partial charge in [0.2, 0.25) is 0 Å². The Balaban J connectivity index is 2.87. The third-order valence-electron chi connectivity index (χ3n) is 2.79. The third kappa shape index (κ3) is 5.28. The number of urea groups is 1. The average Bonchev–Trinajstić information content (AvgIpc) is 2.42. The normalized spacial score (nSPS) is 12.6. The first-order chi connectivity index (χ1) is 10.5. The van der Waals surface area contributed by atoms with E-state index >= 15 is 0 Å². The number of hydrogen-bond acceptors (Lipinski definition) is 4. The van der Waals surface area contributed by atoms with Crippen molar-refractivity contribution in [2.24, 2.45) is 11.7 Å². The van der Waals surface area contributed by atoms with Crippen molar-refractivity contribution < 1.29 is 32.3 Å². The van der Waals surface area contributed by atoms with Crippen LogP contribution in [0, 0.1) is 5.92 Å². The first-order valence-corrected chi connectivity index (χ1v) is 6.51.